The molecule has 7 nitrogen and oxygen atoms in total. The highest BCUT2D eigenvalue weighted by Gasteiger charge is 2.24. The topological polar surface area (TPSA) is 91.3 Å². The molecule has 0 atom stereocenters. The molecular weight excluding hydrogens is 406 g/mol. The summed E-state index contributed by atoms with van der Waals surface area (Å²) in [5, 5.41) is 3.66. The lowest BCUT2D eigenvalue weighted by atomic mass is 10.0. The first-order valence-corrected chi connectivity index (χ1v) is 10.6. The number of carbonyl (C=O) groups excluding carboxylic acids is 1. The van der Waals surface area contributed by atoms with Crippen molar-refractivity contribution in [3.05, 3.63) is 71.8 Å². The van der Waals surface area contributed by atoms with E-state index in [0.29, 0.717) is 28.8 Å². The molecule has 3 rings (SSSR count). The molecular formula is C22H21NO6S. The van der Waals surface area contributed by atoms with Crippen LogP contribution in [0.1, 0.15) is 25.0 Å². The molecule has 0 fully saturated rings. The van der Waals surface area contributed by atoms with Gasteiger partial charge in [0.15, 0.2) is 11.5 Å². The first kappa shape index (κ1) is 21.3. The van der Waals surface area contributed by atoms with E-state index in [0.717, 1.165) is 0 Å². The molecule has 0 saturated heterocycles. The van der Waals surface area contributed by atoms with E-state index in [-0.39, 0.29) is 23.0 Å². The summed E-state index contributed by atoms with van der Waals surface area (Å²) in [7, 11) is -4.07. The van der Waals surface area contributed by atoms with Crippen LogP contribution in [0.3, 0.4) is 0 Å². The quantitative estimate of drug-likeness (QED) is 0.275. The standard InChI is InChI=1S/C22H21NO6S/c1-4-9-17-12-16(13-19-15(3)23-28-22(19)24)14-20(27-5-2)21(17)29-30(25,26)18-10-7-6-8-11-18/h4,6-8,10-14H,1,5,9H2,2-3H3/b19-13-. The van der Waals surface area contributed by atoms with Crippen molar-refractivity contribution in [1.82, 2.24) is 0 Å². The monoisotopic (exact) mass is 427 g/mol. The third kappa shape index (κ3) is 4.60. The third-order valence-electron chi connectivity index (χ3n) is 4.23. The summed E-state index contributed by atoms with van der Waals surface area (Å²) in [5.41, 5.74) is 1.93. The maximum atomic E-state index is 12.8. The molecule has 2 aromatic carbocycles. The average Bonchev–Trinajstić information content (AvgIpc) is 3.03. The first-order valence-electron chi connectivity index (χ1n) is 9.24. The van der Waals surface area contributed by atoms with Gasteiger partial charge in [-0.2, -0.15) is 8.42 Å². The Balaban J connectivity index is 2.10. The lowest BCUT2D eigenvalue weighted by molar-refractivity contribution is -0.136. The molecule has 0 radical (unpaired) electrons. The second kappa shape index (κ2) is 8.96. The van der Waals surface area contributed by atoms with Crippen LogP contribution in [0.25, 0.3) is 6.08 Å². The number of oxime groups is 1. The molecule has 1 heterocycles. The van der Waals surface area contributed by atoms with E-state index in [1.807, 2.05) is 0 Å². The number of carbonyl (C=O) groups is 1. The van der Waals surface area contributed by atoms with Crippen molar-refractivity contribution in [1.29, 1.82) is 0 Å². The molecule has 1 aliphatic heterocycles. The van der Waals surface area contributed by atoms with Crippen molar-refractivity contribution in [2.24, 2.45) is 5.16 Å². The lowest BCUT2D eigenvalue weighted by Gasteiger charge is -2.16. The predicted molar refractivity (Wildman–Crippen MR) is 113 cm³/mol. The Morgan fingerprint density at radius 2 is 1.93 bits per heavy atom. The van der Waals surface area contributed by atoms with Crippen LogP contribution in [0.15, 0.2) is 70.7 Å². The smallest absolute Gasteiger partial charge is 0.367 e. The van der Waals surface area contributed by atoms with Gasteiger partial charge in [-0.25, -0.2) is 4.79 Å². The summed E-state index contributed by atoms with van der Waals surface area (Å²) in [6, 6.07) is 11.2. The Kier molecular flexibility index (Phi) is 6.37. The predicted octanol–water partition coefficient (Wildman–Crippen LogP) is 3.90. The Morgan fingerprint density at radius 1 is 1.20 bits per heavy atom. The van der Waals surface area contributed by atoms with Gasteiger partial charge in [0, 0.05) is 5.56 Å². The molecule has 1 aliphatic rings. The van der Waals surface area contributed by atoms with Gasteiger partial charge >= 0.3 is 16.1 Å². The molecule has 30 heavy (non-hydrogen) atoms. The van der Waals surface area contributed by atoms with Gasteiger partial charge in [-0.3, -0.25) is 0 Å². The SMILES string of the molecule is C=CCc1cc(/C=C2\C(=O)ON=C2C)cc(OCC)c1OS(=O)(=O)c1ccccc1. The number of benzene rings is 2. The molecule has 2 aromatic rings. The second-order valence-electron chi connectivity index (χ2n) is 6.40. The molecule has 0 bridgehead atoms. The molecule has 0 aliphatic carbocycles. The van der Waals surface area contributed by atoms with Gasteiger partial charge in [0.25, 0.3) is 0 Å². The zero-order valence-electron chi connectivity index (χ0n) is 16.6. The second-order valence-corrected chi connectivity index (χ2v) is 7.94. The Labute approximate surface area is 175 Å². The van der Waals surface area contributed by atoms with Gasteiger partial charge in [0.1, 0.15) is 4.90 Å². The summed E-state index contributed by atoms with van der Waals surface area (Å²) in [4.78, 5) is 16.6. The number of ether oxygens (including phenoxy) is 1. The molecule has 0 N–H and O–H groups in total. The minimum absolute atomic E-state index is 0.0312. The lowest BCUT2D eigenvalue weighted by Crippen LogP contribution is -2.12. The fourth-order valence-corrected chi connectivity index (χ4v) is 3.86. The van der Waals surface area contributed by atoms with E-state index in [4.69, 9.17) is 8.92 Å². The van der Waals surface area contributed by atoms with Gasteiger partial charge in [-0.05, 0) is 56.2 Å². The Morgan fingerprint density at radius 3 is 2.53 bits per heavy atom. The van der Waals surface area contributed by atoms with Crippen molar-refractivity contribution in [3.8, 4) is 11.5 Å². The van der Waals surface area contributed by atoms with Crippen LogP contribution in [0.2, 0.25) is 0 Å². The number of hydrogen-bond acceptors (Lipinski definition) is 7. The fraction of sp³-hybridized carbons (Fsp3) is 0.182. The van der Waals surface area contributed by atoms with E-state index >= 15 is 0 Å². The molecule has 156 valence electrons. The van der Waals surface area contributed by atoms with Crippen LogP contribution in [-0.2, 0) is 26.2 Å². The van der Waals surface area contributed by atoms with Crippen molar-refractivity contribution in [2.45, 2.75) is 25.2 Å². The van der Waals surface area contributed by atoms with Gasteiger partial charge in [0.05, 0.1) is 17.9 Å². The summed E-state index contributed by atoms with van der Waals surface area (Å²) >= 11 is 0. The van der Waals surface area contributed by atoms with E-state index in [2.05, 4.69) is 16.6 Å². The van der Waals surface area contributed by atoms with E-state index in [1.54, 1.807) is 56.3 Å². The summed E-state index contributed by atoms with van der Waals surface area (Å²) in [5.74, 6) is -0.228. The zero-order valence-corrected chi connectivity index (χ0v) is 17.4. The maximum absolute atomic E-state index is 12.8. The minimum Gasteiger partial charge on any atom is -0.490 e. The number of hydrogen-bond donors (Lipinski definition) is 0. The van der Waals surface area contributed by atoms with Gasteiger partial charge in [-0.1, -0.05) is 29.4 Å². The van der Waals surface area contributed by atoms with Crippen LogP contribution in [-0.4, -0.2) is 26.7 Å². The summed E-state index contributed by atoms with van der Waals surface area (Å²) in [6.45, 7) is 7.46. The largest absolute Gasteiger partial charge is 0.490 e. The molecule has 8 heteroatoms. The van der Waals surface area contributed by atoms with Crippen LogP contribution in [0.5, 0.6) is 11.5 Å². The van der Waals surface area contributed by atoms with Crippen LogP contribution in [0, 0.1) is 0 Å². The Hall–Kier alpha value is -3.39. The van der Waals surface area contributed by atoms with Gasteiger partial charge in [-0.15, -0.1) is 6.58 Å². The molecule has 0 amide bonds. The maximum Gasteiger partial charge on any atom is 0.367 e. The van der Waals surface area contributed by atoms with Crippen LogP contribution >= 0.6 is 0 Å². The Bertz CT molecular complexity index is 1130. The number of rotatable bonds is 8. The van der Waals surface area contributed by atoms with E-state index in [1.165, 1.54) is 12.1 Å². The number of allylic oxidation sites excluding steroid dienone is 1. The van der Waals surface area contributed by atoms with Crippen molar-refractivity contribution < 1.29 is 27.0 Å². The minimum atomic E-state index is -4.07. The van der Waals surface area contributed by atoms with Gasteiger partial charge in [0.2, 0.25) is 0 Å². The third-order valence-corrected chi connectivity index (χ3v) is 5.46. The number of nitrogens with zero attached hydrogens (tertiary/aromatic N) is 1. The van der Waals surface area contributed by atoms with E-state index < -0.39 is 16.1 Å². The van der Waals surface area contributed by atoms with Crippen molar-refractivity contribution in [2.75, 3.05) is 6.61 Å². The fourth-order valence-electron chi connectivity index (χ4n) is 2.86. The van der Waals surface area contributed by atoms with Crippen molar-refractivity contribution in [3.63, 3.8) is 0 Å². The first-order chi connectivity index (χ1) is 14.4. The van der Waals surface area contributed by atoms with Crippen LogP contribution in [0.4, 0.5) is 0 Å². The van der Waals surface area contributed by atoms with Crippen LogP contribution < -0.4 is 8.92 Å². The van der Waals surface area contributed by atoms with Crippen molar-refractivity contribution >= 4 is 27.9 Å². The van der Waals surface area contributed by atoms with E-state index in [9.17, 15) is 13.2 Å². The average molecular weight is 427 g/mol. The molecule has 0 spiro atoms. The molecule has 0 saturated carbocycles. The zero-order chi connectivity index (χ0) is 21.7. The summed E-state index contributed by atoms with van der Waals surface area (Å²) < 4.78 is 36.7. The van der Waals surface area contributed by atoms with Gasteiger partial charge < -0.3 is 13.8 Å². The highest BCUT2D eigenvalue weighted by Crippen LogP contribution is 2.37. The molecule has 0 unspecified atom stereocenters. The summed E-state index contributed by atoms with van der Waals surface area (Å²) in [6.07, 6.45) is 3.56. The highest BCUT2D eigenvalue weighted by molar-refractivity contribution is 7.87. The highest BCUT2D eigenvalue weighted by atomic mass is 32.2. The molecule has 0 aromatic heterocycles. The normalized spacial score (nSPS) is 14.9.